The molecule has 112 valence electrons. The summed E-state index contributed by atoms with van der Waals surface area (Å²) >= 11 is 1.95. The van der Waals surface area contributed by atoms with Crippen molar-refractivity contribution in [3.63, 3.8) is 0 Å². The van der Waals surface area contributed by atoms with Crippen LogP contribution >= 0.6 is 11.8 Å². The summed E-state index contributed by atoms with van der Waals surface area (Å²) in [6.45, 7) is 5.47. The van der Waals surface area contributed by atoms with Gasteiger partial charge in [-0.25, -0.2) is 0 Å². The van der Waals surface area contributed by atoms with Crippen molar-refractivity contribution in [1.29, 1.82) is 0 Å². The van der Waals surface area contributed by atoms with Gasteiger partial charge in [0.05, 0.1) is 0 Å². The highest BCUT2D eigenvalue weighted by Crippen LogP contribution is 2.25. The fraction of sp³-hybridized carbons (Fsp3) is 0.368. The lowest BCUT2D eigenvalue weighted by Gasteiger charge is -2.19. The Morgan fingerprint density at radius 3 is 2.14 bits per heavy atom. The Hall–Kier alpha value is -1.25. The highest BCUT2D eigenvalue weighted by atomic mass is 32.2. The van der Waals surface area contributed by atoms with E-state index < -0.39 is 0 Å². The molecule has 0 heterocycles. The minimum atomic E-state index is 0.540. The van der Waals surface area contributed by atoms with Gasteiger partial charge in [0.25, 0.3) is 0 Å². The van der Waals surface area contributed by atoms with Gasteiger partial charge in [-0.1, -0.05) is 62.4 Å². The summed E-state index contributed by atoms with van der Waals surface area (Å²) in [5, 5.41) is 3.58. The van der Waals surface area contributed by atoms with Crippen LogP contribution in [-0.2, 0) is 0 Å². The Morgan fingerprint density at radius 1 is 0.905 bits per heavy atom. The number of benzene rings is 2. The minimum absolute atomic E-state index is 0.540. The summed E-state index contributed by atoms with van der Waals surface area (Å²) < 4.78 is 0. The van der Waals surface area contributed by atoms with Crippen molar-refractivity contribution >= 4 is 11.8 Å². The van der Waals surface area contributed by atoms with E-state index in [0.717, 1.165) is 12.3 Å². The molecule has 21 heavy (non-hydrogen) atoms. The van der Waals surface area contributed by atoms with Gasteiger partial charge < -0.3 is 5.32 Å². The molecule has 1 atom stereocenters. The number of thioether (sulfide) groups is 1. The molecule has 2 heteroatoms. The molecule has 0 aliphatic heterocycles. The van der Waals surface area contributed by atoms with Crippen molar-refractivity contribution in [3.05, 3.63) is 66.2 Å². The molecule has 1 unspecified atom stereocenters. The van der Waals surface area contributed by atoms with Gasteiger partial charge in [-0.05, 0) is 35.8 Å². The van der Waals surface area contributed by atoms with Gasteiger partial charge in [-0.2, -0.15) is 0 Å². The summed E-state index contributed by atoms with van der Waals surface area (Å²) in [5.74, 6) is 1.74. The molecule has 0 aliphatic rings. The molecule has 2 aromatic carbocycles. The van der Waals surface area contributed by atoms with Crippen molar-refractivity contribution in [3.8, 4) is 0 Å². The molecule has 0 amide bonds. The number of hydrogen-bond donors (Lipinski definition) is 1. The Kier molecular flexibility index (Phi) is 6.84. The Morgan fingerprint density at radius 2 is 1.52 bits per heavy atom. The van der Waals surface area contributed by atoms with E-state index in [4.69, 9.17) is 0 Å². The third-order valence-electron chi connectivity index (χ3n) is 3.52. The van der Waals surface area contributed by atoms with Gasteiger partial charge in [0, 0.05) is 17.5 Å². The maximum atomic E-state index is 3.58. The molecule has 1 N–H and O–H groups in total. The number of rotatable bonds is 8. The van der Waals surface area contributed by atoms with Crippen LogP contribution in [0.15, 0.2) is 65.6 Å². The maximum absolute atomic E-state index is 3.58. The standard InChI is InChI=1S/C19H25NS/c1-16(2)20-15-18(17-9-5-3-6-10-17)13-14-21-19-11-7-4-8-12-19/h3-12,16,18,20H,13-15H2,1-2H3. The first-order chi connectivity index (χ1) is 10.3. The van der Waals surface area contributed by atoms with Crippen molar-refractivity contribution in [2.45, 2.75) is 37.1 Å². The molecule has 0 saturated carbocycles. The molecule has 0 fully saturated rings. The van der Waals surface area contributed by atoms with Crippen LogP contribution in [0, 0.1) is 0 Å². The van der Waals surface area contributed by atoms with Crippen LogP contribution in [0.3, 0.4) is 0 Å². The van der Waals surface area contributed by atoms with Crippen LogP contribution in [0.5, 0.6) is 0 Å². The Labute approximate surface area is 133 Å². The van der Waals surface area contributed by atoms with Crippen molar-refractivity contribution in [1.82, 2.24) is 5.32 Å². The fourth-order valence-corrected chi connectivity index (χ4v) is 3.31. The van der Waals surface area contributed by atoms with Gasteiger partial charge >= 0.3 is 0 Å². The summed E-state index contributed by atoms with van der Waals surface area (Å²) in [7, 11) is 0. The normalized spacial score (nSPS) is 12.5. The Balaban J connectivity index is 1.89. The zero-order valence-corrected chi connectivity index (χ0v) is 13.8. The van der Waals surface area contributed by atoms with E-state index in [0.29, 0.717) is 12.0 Å². The van der Waals surface area contributed by atoms with Gasteiger partial charge in [0.2, 0.25) is 0 Å². The SMILES string of the molecule is CC(C)NCC(CCSc1ccccc1)c1ccccc1. The third kappa shape index (κ3) is 5.94. The molecule has 2 rings (SSSR count). The highest BCUT2D eigenvalue weighted by Gasteiger charge is 2.11. The smallest absolute Gasteiger partial charge is 0.00719 e. The van der Waals surface area contributed by atoms with Crippen LogP contribution in [0.1, 0.15) is 31.7 Å². The van der Waals surface area contributed by atoms with E-state index in [2.05, 4.69) is 79.8 Å². The van der Waals surface area contributed by atoms with Crippen molar-refractivity contribution < 1.29 is 0 Å². The maximum Gasteiger partial charge on any atom is 0.00719 e. The molecule has 0 radical (unpaired) electrons. The average Bonchev–Trinajstić information content (AvgIpc) is 2.52. The second kappa shape index (κ2) is 8.91. The summed E-state index contributed by atoms with van der Waals surface area (Å²) in [6, 6.07) is 22.1. The van der Waals surface area contributed by atoms with Gasteiger partial charge in [0.15, 0.2) is 0 Å². The first kappa shape index (κ1) is 16.1. The molecule has 0 bridgehead atoms. The fourth-order valence-electron chi connectivity index (χ4n) is 2.33. The van der Waals surface area contributed by atoms with Gasteiger partial charge in [0.1, 0.15) is 0 Å². The molecule has 1 nitrogen and oxygen atoms in total. The van der Waals surface area contributed by atoms with E-state index >= 15 is 0 Å². The lowest BCUT2D eigenvalue weighted by molar-refractivity contribution is 0.522. The van der Waals surface area contributed by atoms with E-state index in [1.165, 1.54) is 16.9 Å². The van der Waals surface area contributed by atoms with Crippen LogP contribution in [-0.4, -0.2) is 18.3 Å². The average molecular weight is 299 g/mol. The first-order valence-corrected chi connectivity index (χ1v) is 8.70. The molecule has 0 spiro atoms. The van der Waals surface area contributed by atoms with Crippen LogP contribution in [0.4, 0.5) is 0 Å². The number of hydrogen-bond acceptors (Lipinski definition) is 2. The molecular weight excluding hydrogens is 274 g/mol. The molecule has 0 aliphatic carbocycles. The molecular formula is C19H25NS. The third-order valence-corrected chi connectivity index (χ3v) is 4.57. The Bertz CT molecular complexity index is 495. The van der Waals surface area contributed by atoms with Gasteiger partial charge in [-0.15, -0.1) is 11.8 Å². The summed E-state index contributed by atoms with van der Waals surface area (Å²) in [5.41, 5.74) is 1.44. The molecule has 2 aromatic rings. The zero-order chi connectivity index (χ0) is 14.9. The quantitative estimate of drug-likeness (QED) is 0.692. The van der Waals surface area contributed by atoms with Crippen LogP contribution in [0.2, 0.25) is 0 Å². The lowest BCUT2D eigenvalue weighted by atomic mass is 9.96. The zero-order valence-electron chi connectivity index (χ0n) is 13.0. The van der Waals surface area contributed by atoms with Crippen LogP contribution in [0.25, 0.3) is 0 Å². The minimum Gasteiger partial charge on any atom is -0.314 e. The number of nitrogens with one attached hydrogen (secondary N) is 1. The van der Waals surface area contributed by atoms with Crippen LogP contribution < -0.4 is 5.32 Å². The van der Waals surface area contributed by atoms with Gasteiger partial charge in [-0.3, -0.25) is 0 Å². The summed E-state index contributed by atoms with van der Waals surface area (Å²) in [4.78, 5) is 1.36. The first-order valence-electron chi connectivity index (χ1n) is 7.72. The van der Waals surface area contributed by atoms with E-state index in [1.54, 1.807) is 0 Å². The largest absolute Gasteiger partial charge is 0.314 e. The molecule has 0 saturated heterocycles. The molecule has 0 aromatic heterocycles. The van der Waals surface area contributed by atoms with E-state index in [9.17, 15) is 0 Å². The highest BCUT2D eigenvalue weighted by molar-refractivity contribution is 7.99. The van der Waals surface area contributed by atoms with E-state index in [-0.39, 0.29) is 0 Å². The van der Waals surface area contributed by atoms with E-state index in [1.807, 2.05) is 11.8 Å². The second-order valence-corrected chi connectivity index (χ2v) is 6.79. The second-order valence-electron chi connectivity index (χ2n) is 5.62. The van der Waals surface area contributed by atoms with Crippen molar-refractivity contribution in [2.75, 3.05) is 12.3 Å². The van der Waals surface area contributed by atoms with Crippen molar-refractivity contribution in [2.24, 2.45) is 0 Å². The predicted octanol–water partition coefficient (Wildman–Crippen LogP) is 4.95. The predicted molar refractivity (Wildman–Crippen MR) is 94.1 cm³/mol. The lowest BCUT2D eigenvalue weighted by Crippen LogP contribution is -2.28. The summed E-state index contributed by atoms with van der Waals surface area (Å²) in [6.07, 6.45) is 1.20. The monoisotopic (exact) mass is 299 g/mol. The topological polar surface area (TPSA) is 12.0 Å².